The molecule has 28 heavy (non-hydrogen) atoms. The van der Waals surface area contributed by atoms with E-state index < -0.39 is 54.8 Å². The number of aliphatic hydroxyl groups excluding tert-OH is 2. The standard InChI is InChI=1S/C20H28O8/c1-20(2)25-10-12(28-20)15(21)14-16(22)17-13(26-19(14)23-3)9-24-18(27-17)11-7-5-4-6-8-11/h4-8,12-19,21-22H,9-10H2,1-3H3/t12-,13-,14+,15-,16-,17-,18-,19+/m1/s1. The van der Waals surface area contributed by atoms with Crippen LogP contribution in [0.3, 0.4) is 0 Å². The average Bonchev–Trinajstić information content (AvgIpc) is 3.07. The van der Waals surface area contributed by atoms with Crippen LogP contribution in [0.5, 0.6) is 0 Å². The third kappa shape index (κ3) is 3.83. The van der Waals surface area contributed by atoms with Crippen LogP contribution in [0.25, 0.3) is 0 Å². The Kier molecular flexibility index (Phi) is 5.74. The molecule has 0 bridgehead atoms. The van der Waals surface area contributed by atoms with Crippen molar-refractivity contribution in [2.45, 2.75) is 62.7 Å². The van der Waals surface area contributed by atoms with Gasteiger partial charge in [0, 0.05) is 12.7 Å². The molecular formula is C20H28O8. The number of fused-ring (bicyclic) bond motifs is 1. The lowest BCUT2D eigenvalue weighted by Gasteiger charge is -2.49. The van der Waals surface area contributed by atoms with E-state index in [9.17, 15) is 10.2 Å². The first kappa shape index (κ1) is 20.2. The van der Waals surface area contributed by atoms with Gasteiger partial charge in [-0.1, -0.05) is 30.3 Å². The quantitative estimate of drug-likeness (QED) is 0.777. The van der Waals surface area contributed by atoms with Gasteiger partial charge in [-0.25, -0.2) is 0 Å². The van der Waals surface area contributed by atoms with Crippen molar-refractivity contribution in [2.75, 3.05) is 20.3 Å². The van der Waals surface area contributed by atoms with Crippen LogP contribution in [0.4, 0.5) is 0 Å². The monoisotopic (exact) mass is 396 g/mol. The van der Waals surface area contributed by atoms with E-state index in [2.05, 4.69) is 0 Å². The lowest BCUT2D eigenvalue weighted by molar-refractivity contribution is -0.360. The van der Waals surface area contributed by atoms with E-state index in [0.717, 1.165) is 5.56 Å². The highest BCUT2D eigenvalue weighted by Gasteiger charge is 2.54. The number of rotatable bonds is 4. The summed E-state index contributed by atoms with van der Waals surface area (Å²) in [5.74, 6) is -1.55. The second-order valence-electron chi connectivity index (χ2n) is 7.88. The van der Waals surface area contributed by atoms with E-state index in [1.165, 1.54) is 7.11 Å². The molecule has 8 atom stereocenters. The molecule has 3 heterocycles. The fourth-order valence-corrected chi connectivity index (χ4v) is 4.10. The molecule has 8 nitrogen and oxygen atoms in total. The van der Waals surface area contributed by atoms with Crippen LogP contribution in [0.15, 0.2) is 30.3 Å². The summed E-state index contributed by atoms with van der Waals surface area (Å²) in [6.07, 6.45) is -5.27. The molecule has 0 unspecified atom stereocenters. The molecule has 3 aliphatic heterocycles. The number of benzene rings is 1. The first-order valence-corrected chi connectivity index (χ1v) is 9.58. The van der Waals surface area contributed by atoms with Crippen molar-refractivity contribution >= 4 is 0 Å². The number of hydrogen-bond donors (Lipinski definition) is 2. The van der Waals surface area contributed by atoms with E-state index in [4.69, 9.17) is 28.4 Å². The Hall–Kier alpha value is -1.10. The molecule has 0 saturated carbocycles. The molecule has 0 aliphatic carbocycles. The van der Waals surface area contributed by atoms with E-state index in [1.54, 1.807) is 13.8 Å². The molecule has 3 fully saturated rings. The Morgan fingerprint density at radius 3 is 2.54 bits per heavy atom. The molecule has 0 amide bonds. The second-order valence-corrected chi connectivity index (χ2v) is 7.88. The van der Waals surface area contributed by atoms with Crippen molar-refractivity contribution in [1.29, 1.82) is 0 Å². The fourth-order valence-electron chi connectivity index (χ4n) is 4.10. The van der Waals surface area contributed by atoms with Gasteiger partial charge in [-0.05, 0) is 13.8 Å². The normalized spacial score (nSPS) is 41.4. The zero-order chi connectivity index (χ0) is 19.9. The molecule has 2 N–H and O–H groups in total. The van der Waals surface area contributed by atoms with Crippen LogP contribution in [-0.4, -0.2) is 73.1 Å². The molecule has 0 radical (unpaired) electrons. The highest BCUT2D eigenvalue weighted by molar-refractivity contribution is 5.16. The smallest absolute Gasteiger partial charge is 0.184 e. The van der Waals surface area contributed by atoms with Crippen molar-refractivity contribution < 1.29 is 38.6 Å². The Bertz CT molecular complexity index is 653. The summed E-state index contributed by atoms with van der Waals surface area (Å²) in [6, 6.07) is 9.51. The number of hydrogen-bond acceptors (Lipinski definition) is 8. The molecule has 3 aliphatic rings. The Morgan fingerprint density at radius 2 is 1.89 bits per heavy atom. The first-order valence-electron chi connectivity index (χ1n) is 9.58. The van der Waals surface area contributed by atoms with Gasteiger partial charge in [0.25, 0.3) is 0 Å². The molecule has 0 aromatic heterocycles. The van der Waals surface area contributed by atoms with Crippen LogP contribution < -0.4 is 0 Å². The lowest BCUT2D eigenvalue weighted by Crippen LogP contribution is -2.63. The molecule has 4 rings (SSSR count). The third-order valence-corrected chi connectivity index (χ3v) is 5.52. The van der Waals surface area contributed by atoms with Gasteiger partial charge in [-0.15, -0.1) is 0 Å². The predicted octanol–water partition coefficient (Wildman–Crippen LogP) is 0.961. The fraction of sp³-hybridized carbons (Fsp3) is 0.700. The Morgan fingerprint density at radius 1 is 1.14 bits per heavy atom. The summed E-state index contributed by atoms with van der Waals surface area (Å²) in [7, 11) is 1.48. The zero-order valence-corrected chi connectivity index (χ0v) is 16.3. The summed E-state index contributed by atoms with van der Waals surface area (Å²) in [5, 5.41) is 22.0. The van der Waals surface area contributed by atoms with E-state index in [0.29, 0.717) is 0 Å². The predicted molar refractivity (Wildman–Crippen MR) is 96.1 cm³/mol. The second kappa shape index (κ2) is 7.97. The summed E-state index contributed by atoms with van der Waals surface area (Å²) < 4.78 is 34.5. The van der Waals surface area contributed by atoms with Gasteiger partial charge >= 0.3 is 0 Å². The van der Waals surface area contributed by atoms with Crippen molar-refractivity contribution in [3.05, 3.63) is 35.9 Å². The number of ether oxygens (including phenoxy) is 6. The van der Waals surface area contributed by atoms with Crippen molar-refractivity contribution in [2.24, 2.45) is 5.92 Å². The largest absolute Gasteiger partial charge is 0.390 e. The van der Waals surface area contributed by atoms with Crippen molar-refractivity contribution in [1.82, 2.24) is 0 Å². The van der Waals surface area contributed by atoms with Gasteiger partial charge in [0.05, 0.1) is 31.3 Å². The topological polar surface area (TPSA) is 95.8 Å². The molecule has 3 saturated heterocycles. The van der Waals surface area contributed by atoms with Crippen LogP contribution in [0.2, 0.25) is 0 Å². The SMILES string of the molecule is CO[C@H]1O[C@@H]2CO[C@@H](c3ccccc3)O[C@H]2[C@H](O)[C@@H]1[C@H](O)[C@H]1COC(C)(C)O1. The van der Waals surface area contributed by atoms with Gasteiger partial charge < -0.3 is 38.6 Å². The maximum Gasteiger partial charge on any atom is 0.184 e. The highest BCUT2D eigenvalue weighted by atomic mass is 16.8. The summed E-state index contributed by atoms with van der Waals surface area (Å²) >= 11 is 0. The molecule has 1 aromatic carbocycles. The maximum atomic E-state index is 11.1. The van der Waals surface area contributed by atoms with Crippen LogP contribution in [0.1, 0.15) is 25.7 Å². The minimum atomic E-state index is -1.05. The Balaban J connectivity index is 1.51. The van der Waals surface area contributed by atoms with Crippen molar-refractivity contribution in [3.63, 3.8) is 0 Å². The third-order valence-electron chi connectivity index (χ3n) is 5.52. The molecular weight excluding hydrogens is 368 g/mol. The summed E-state index contributed by atoms with van der Waals surface area (Å²) in [4.78, 5) is 0. The molecule has 0 spiro atoms. The zero-order valence-electron chi connectivity index (χ0n) is 16.3. The lowest BCUT2D eigenvalue weighted by atomic mass is 9.84. The van der Waals surface area contributed by atoms with E-state index >= 15 is 0 Å². The van der Waals surface area contributed by atoms with Gasteiger partial charge in [0.15, 0.2) is 18.4 Å². The van der Waals surface area contributed by atoms with E-state index in [-0.39, 0.29) is 13.2 Å². The summed E-state index contributed by atoms with van der Waals surface area (Å²) in [6.45, 7) is 4.03. The van der Waals surface area contributed by atoms with Crippen LogP contribution in [-0.2, 0) is 28.4 Å². The minimum absolute atomic E-state index is 0.221. The molecule has 1 aromatic rings. The first-order chi connectivity index (χ1) is 13.4. The van der Waals surface area contributed by atoms with Crippen LogP contribution in [0, 0.1) is 5.92 Å². The number of methoxy groups -OCH3 is 1. The molecule has 8 heteroatoms. The average molecular weight is 396 g/mol. The van der Waals surface area contributed by atoms with Crippen molar-refractivity contribution in [3.8, 4) is 0 Å². The maximum absolute atomic E-state index is 11.1. The molecule has 156 valence electrons. The van der Waals surface area contributed by atoms with Gasteiger partial charge in [0.1, 0.15) is 18.3 Å². The Labute approximate surface area is 164 Å². The van der Waals surface area contributed by atoms with E-state index in [1.807, 2.05) is 30.3 Å². The van der Waals surface area contributed by atoms with Gasteiger partial charge in [0.2, 0.25) is 0 Å². The highest BCUT2D eigenvalue weighted by Crippen LogP contribution is 2.39. The summed E-state index contributed by atoms with van der Waals surface area (Å²) in [5.41, 5.74) is 0.855. The van der Waals surface area contributed by atoms with Gasteiger partial charge in [-0.2, -0.15) is 0 Å². The van der Waals surface area contributed by atoms with Crippen LogP contribution >= 0.6 is 0 Å². The number of aliphatic hydroxyl groups is 2. The minimum Gasteiger partial charge on any atom is -0.390 e. The van der Waals surface area contributed by atoms with Gasteiger partial charge in [-0.3, -0.25) is 0 Å².